The molecule has 160 valence electrons. The minimum atomic E-state index is -0.771. The van der Waals surface area contributed by atoms with Gasteiger partial charge in [0, 0.05) is 45.1 Å². The number of likely N-dealkylation sites (N-methyl/N-ethyl adjacent to an activating group) is 1. The van der Waals surface area contributed by atoms with Crippen molar-refractivity contribution in [2.45, 2.75) is 18.4 Å². The predicted octanol–water partition coefficient (Wildman–Crippen LogP) is 1.46. The summed E-state index contributed by atoms with van der Waals surface area (Å²) in [5.74, 6) is -0.0758. The van der Waals surface area contributed by atoms with Crippen molar-refractivity contribution in [3.05, 3.63) is 65.0 Å². The van der Waals surface area contributed by atoms with E-state index in [-0.39, 0.29) is 30.0 Å². The van der Waals surface area contributed by atoms with Crippen LogP contribution in [0.15, 0.2) is 42.5 Å². The Morgan fingerprint density at radius 1 is 1.17 bits per heavy atom. The number of hydrogen-bond donors (Lipinski definition) is 3. The van der Waals surface area contributed by atoms with Gasteiger partial charge in [0.25, 0.3) is 5.91 Å². The van der Waals surface area contributed by atoms with Crippen LogP contribution in [0.5, 0.6) is 5.75 Å². The second-order valence-electron chi connectivity index (χ2n) is 7.50. The fourth-order valence-corrected chi connectivity index (χ4v) is 3.48. The minimum absolute atomic E-state index is 0.237. The van der Waals surface area contributed by atoms with Gasteiger partial charge in [-0.2, -0.15) is 0 Å². The summed E-state index contributed by atoms with van der Waals surface area (Å²) in [4.78, 5) is 27.0. The molecule has 0 saturated carbocycles. The molecule has 1 saturated heterocycles. The van der Waals surface area contributed by atoms with Gasteiger partial charge in [-0.3, -0.25) is 20.4 Å². The lowest BCUT2D eigenvalue weighted by molar-refractivity contribution is -0.130. The number of methoxy groups -OCH3 is 1. The second kappa shape index (κ2) is 9.69. The molecule has 2 aromatic rings. The normalized spacial score (nSPS) is 14.9. The van der Waals surface area contributed by atoms with Crippen LogP contribution in [-0.2, 0) is 11.2 Å². The maximum atomic E-state index is 13.2. The summed E-state index contributed by atoms with van der Waals surface area (Å²) < 4.78 is 18.7. The van der Waals surface area contributed by atoms with Crippen LogP contribution in [0.4, 0.5) is 4.39 Å². The quantitative estimate of drug-likeness (QED) is 0.639. The molecule has 7 nitrogen and oxygen atoms in total. The van der Waals surface area contributed by atoms with Crippen LogP contribution in [0.25, 0.3) is 0 Å². The Bertz CT molecular complexity index is 896. The number of carbonyl (C=O) groups is 2. The van der Waals surface area contributed by atoms with Gasteiger partial charge in [0.2, 0.25) is 5.91 Å². The molecule has 1 atom stereocenters. The van der Waals surface area contributed by atoms with E-state index in [2.05, 4.69) is 16.2 Å². The first-order chi connectivity index (χ1) is 14.4. The lowest BCUT2D eigenvalue weighted by Gasteiger charge is -2.22. The number of halogens is 1. The molecule has 0 aromatic heterocycles. The summed E-state index contributed by atoms with van der Waals surface area (Å²) in [6, 6.07) is 10.4. The van der Waals surface area contributed by atoms with E-state index in [0.29, 0.717) is 11.3 Å². The van der Waals surface area contributed by atoms with Crippen molar-refractivity contribution in [2.75, 3.05) is 34.3 Å². The SMILES string of the molecule is COc1cc(C(=O)N[C@@H](Cc2ccc(F)cc2)C(=O)N(C)C)ccc1C1CNNC1. The van der Waals surface area contributed by atoms with Crippen LogP contribution in [0.1, 0.15) is 27.4 Å². The zero-order chi connectivity index (χ0) is 21.7. The van der Waals surface area contributed by atoms with Crippen LogP contribution < -0.4 is 20.9 Å². The standard InChI is InChI=1S/C22H27FN4O3/c1-27(2)22(29)19(10-14-4-7-17(23)8-5-14)26-21(28)15-6-9-18(20(11-15)30-3)16-12-24-25-13-16/h4-9,11,16,19,24-25H,10,12-13H2,1-3H3,(H,26,28)/t19-/m0/s1. The Kier molecular flexibility index (Phi) is 7.02. The van der Waals surface area contributed by atoms with Crippen molar-refractivity contribution in [3.63, 3.8) is 0 Å². The van der Waals surface area contributed by atoms with Crippen molar-refractivity contribution >= 4 is 11.8 Å². The fraction of sp³-hybridized carbons (Fsp3) is 0.364. The van der Waals surface area contributed by atoms with Crippen molar-refractivity contribution in [1.29, 1.82) is 0 Å². The summed E-state index contributed by atoms with van der Waals surface area (Å²) in [5, 5.41) is 2.81. The van der Waals surface area contributed by atoms with Crippen molar-refractivity contribution in [1.82, 2.24) is 21.1 Å². The number of hydrogen-bond acceptors (Lipinski definition) is 5. The van der Waals surface area contributed by atoms with Crippen LogP contribution in [0.3, 0.4) is 0 Å². The number of hydrazine groups is 1. The molecule has 1 aliphatic heterocycles. The number of ether oxygens (including phenoxy) is 1. The molecule has 0 radical (unpaired) electrons. The fourth-order valence-electron chi connectivity index (χ4n) is 3.48. The van der Waals surface area contributed by atoms with E-state index >= 15 is 0 Å². The summed E-state index contributed by atoms with van der Waals surface area (Å²) in [5.41, 5.74) is 8.35. The molecule has 0 bridgehead atoms. The van der Waals surface area contributed by atoms with E-state index in [1.807, 2.05) is 6.07 Å². The molecule has 0 unspecified atom stereocenters. The van der Waals surface area contributed by atoms with E-state index in [4.69, 9.17) is 4.74 Å². The highest BCUT2D eigenvalue weighted by Crippen LogP contribution is 2.28. The Morgan fingerprint density at radius 2 is 1.83 bits per heavy atom. The molecule has 30 heavy (non-hydrogen) atoms. The first kappa shape index (κ1) is 21.7. The molecule has 2 aromatic carbocycles. The van der Waals surface area contributed by atoms with E-state index in [1.54, 1.807) is 45.5 Å². The number of benzene rings is 2. The van der Waals surface area contributed by atoms with Gasteiger partial charge in [-0.25, -0.2) is 4.39 Å². The number of rotatable bonds is 7. The highest BCUT2D eigenvalue weighted by atomic mass is 19.1. The first-order valence-electron chi connectivity index (χ1n) is 9.79. The van der Waals surface area contributed by atoms with Gasteiger partial charge in [0.1, 0.15) is 17.6 Å². The maximum absolute atomic E-state index is 13.2. The number of nitrogens with zero attached hydrogens (tertiary/aromatic N) is 1. The largest absolute Gasteiger partial charge is 0.496 e. The van der Waals surface area contributed by atoms with Crippen LogP contribution in [0.2, 0.25) is 0 Å². The maximum Gasteiger partial charge on any atom is 0.252 e. The van der Waals surface area contributed by atoms with Gasteiger partial charge in [0.05, 0.1) is 7.11 Å². The lowest BCUT2D eigenvalue weighted by atomic mass is 9.97. The Hall–Kier alpha value is -2.97. The number of carbonyl (C=O) groups excluding carboxylic acids is 2. The Labute approximate surface area is 175 Å². The zero-order valence-corrected chi connectivity index (χ0v) is 17.4. The molecule has 3 N–H and O–H groups in total. The average Bonchev–Trinajstić information content (AvgIpc) is 3.28. The van der Waals surface area contributed by atoms with E-state index < -0.39 is 6.04 Å². The van der Waals surface area contributed by atoms with Crippen LogP contribution in [-0.4, -0.2) is 57.1 Å². The second-order valence-corrected chi connectivity index (χ2v) is 7.50. The molecule has 3 rings (SSSR count). The van der Waals surface area contributed by atoms with Crippen molar-refractivity contribution < 1.29 is 18.7 Å². The van der Waals surface area contributed by atoms with Gasteiger partial charge >= 0.3 is 0 Å². The van der Waals surface area contributed by atoms with Crippen LogP contribution >= 0.6 is 0 Å². The third kappa shape index (κ3) is 5.14. The van der Waals surface area contributed by atoms with Gasteiger partial charge < -0.3 is 15.0 Å². The lowest BCUT2D eigenvalue weighted by Crippen LogP contribution is -2.47. The molecular formula is C22H27FN4O3. The number of nitrogens with one attached hydrogen (secondary N) is 3. The van der Waals surface area contributed by atoms with Gasteiger partial charge in [-0.05, 0) is 35.4 Å². The molecule has 2 amide bonds. The highest BCUT2D eigenvalue weighted by molar-refractivity contribution is 5.98. The minimum Gasteiger partial charge on any atom is -0.496 e. The summed E-state index contributed by atoms with van der Waals surface area (Å²) in [6.45, 7) is 1.55. The highest BCUT2D eigenvalue weighted by Gasteiger charge is 2.25. The van der Waals surface area contributed by atoms with E-state index in [1.165, 1.54) is 17.0 Å². The van der Waals surface area contributed by atoms with E-state index in [0.717, 1.165) is 24.2 Å². The molecule has 1 fully saturated rings. The van der Waals surface area contributed by atoms with E-state index in [9.17, 15) is 14.0 Å². The van der Waals surface area contributed by atoms with Crippen LogP contribution in [0, 0.1) is 5.82 Å². The number of amides is 2. The third-order valence-corrected chi connectivity index (χ3v) is 5.15. The summed E-state index contributed by atoms with van der Waals surface area (Å²) in [6.07, 6.45) is 0.262. The van der Waals surface area contributed by atoms with Crippen molar-refractivity contribution in [2.24, 2.45) is 0 Å². The monoisotopic (exact) mass is 414 g/mol. The predicted molar refractivity (Wildman–Crippen MR) is 112 cm³/mol. The summed E-state index contributed by atoms with van der Waals surface area (Å²) >= 11 is 0. The van der Waals surface area contributed by atoms with Gasteiger partial charge in [-0.1, -0.05) is 18.2 Å². The smallest absolute Gasteiger partial charge is 0.252 e. The summed E-state index contributed by atoms with van der Waals surface area (Å²) in [7, 11) is 4.84. The first-order valence-corrected chi connectivity index (χ1v) is 9.79. The molecule has 1 aliphatic rings. The van der Waals surface area contributed by atoms with Gasteiger partial charge in [0.15, 0.2) is 0 Å². The topological polar surface area (TPSA) is 82.7 Å². The van der Waals surface area contributed by atoms with Crippen molar-refractivity contribution in [3.8, 4) is 5.75 Å². The van der Waals surface area contributed by atoms with Gasteiger partial charge in [-0.15, -0.1) is 0 Å². The average molecular weight is 414 g/mol. The molecule has 8 heteroatoms. The third-order valence-electron chi connectivity index (χ3n) is 5.15. The Morgan fingerprint density at radius 3 is 2.43 bits per heavy atom. The molecule has 0 spiro atoms. The molecule has 0 aliphatic carbocycles. The molecular weight excluding hydrogens is 387 g/mol. The zero-order valence-electron chi connectivity index (χ0n) is 17.4. The molecule has 1 heterocycles. The Balaban J connectivity index is 1.78.